The molecule has 0 aliphatic heterocycles. The Hall–Kier alpha value is -1.80. The van der Waals surface area contributed by atoms with Crippen molar-refractivity contribution >= 4 is 20.4 Å². The van der Waals surface area contributed by atoms with E-state index in [1.54, 1.807) is 0 Å². The monoisotopic (exact) mass is 293 g/mol. The molecular formula is C19H23NSi. The van der Waals surface area contributed by atoms with Crippen molar-refractivity contribution in [2.45, 2.75) is 32.2 Å². The molecule has 0 bridgehead atoms. The van der Waals surface area contributed by atoms with Crippen LogP contribution in [0.25, 0.3) is 0 Å². The lowest BCUT2D eigenvalue weighted by molar-refractivity contribution is 0.838. The number of rotatable bonds is 4. The number of allylic oxidation sites excluding steroid dienone is 8. The lowest BCUT2D eigenvalue weighted by Crippen LogP contribution is -2.24. The minimum absolute atomic E-state index is 0.0654. The third-order valence-electron chi connectivity index (χ3n) is 4.16. The molecule has 0 N–H and O–H groups in total. The van der Waals surface area contributed by atoms with Crippen LogP contribution in [0.3, 0.4) is 0 Å². The molecule has 0 heterocycles. The molecule has 108 valence electrons. The van der Waals surface area contributed by atoms with Gasteiger partial charge in [0.15, 0.2) is 0 Å². The molecule has 1 aromatic carbocycles. The van der Waals surface area contributed by atoms with Crippen LogP contribution in [-0.4, -0.2) is 9.52 Å². The molecule has 0 saturated heterocycles. The minimum Gasteiger partial charge on any atom is -0.318 e. The first-order valence-corrected chi connectivity index (χ1v) is 10.1. The molecule has 0 amide bonds. The van der Waals surface area contributed by atoms with Crippen molar-refractivity contribution in [2.24, 2.45) is 0 Å². The Morgan fingerprint density at radius 1 is 0.857 bits per heavy atom. The average molecular weight is 293 g/mol. The average Bonchev–Trinajstić information content (AvgIpc) is 2.58. The van der Waals surface area contributed by atoms with Crippen LogP contribution in [0.2, 0.25) is 6.55 Å². The van der Waals surface area contributed by atoms with E-state index in [2.05, 4.69) is 72.2 Å². The summed E-state index contributed by atoms with van der Waals surface area (Å²) in [6.07, 6.45) is 18.0. The van der Waals surface area contributed by atoms with Gasteiger partial charge in [-0.1, -0.05) is 48.2 Å². The largest absolute Gasteiger partial charge is 0.318 e. The Kier molecular flexibility index (Phi) is 4.56. The van der Waals surface area contributed by atoms with E-state index in [1.807, 2.05) is 0 Å². The van der Waals surface area contributed by atoms with Crippen LogP contribution in [0.4, 0.5) is 5.69 Å². The summed E-state index contributed by atoms with van der Waals surface area (Å²) in [5, 5.41) is 1.54. The number of benzene rings is 1. The predicted octanol–water partition coefficient (Wildman–Crippen LogP) is 3.80. The van der Waals surface area contributed by atoms with Gasteiger partial charge in [0.1, 0.15) is 0 Å². The Labute approximate surface area is 130 Å². The van der Waals surface area contributed by atoms with Crippen molar-refractivity contribution < 1.29 is 0 Å². The first-order chi connectivity index (χ1) is 10.4. The van der Waals surface area contributed by atoms with E-state index in [-0.39, 0.29) is 9.52 Å². The molecule has 0 radical (unpaired) electrons. The van der Waals surface area contributed by atoms with Crippen LogP contribution in [0, 0.1) is 0 Å². The number of nitrogens with zero attached hydrogens (tertiary/aromatic N) is 1. The summed E-state index contributed by atoms with van der Waals surface area (Å²) in [7, 11) is -0.0654. The predicted molar refractivity (Wildman–Crippen MR) is 95.9 cm³/mol. The van der Waals surface area contributed by atoms with Gasteiger partial charge in [-0.15, -0.1) is 0 Å². The van der Waals surface area contributed by atoms with Gasteiger partial charge in [-0.05, 0) is 50.0 Å². The zero-order valence-corrected chi connectivity index (χ0v) is 14.2. The van der Waals surface area contributed by atoms with Gasteiger partial charge in [-0.3, -0.25) is 0 Å². The van der Waals surface area contributed by atoms with Gasteiger partial charge < -0.3 is 4.90 Å². The summed E-state index contributed by atoms with van der Waals surface area (Å²) >= 11 is 0. The van der Waals surface area contributed by atoms with E-state index in [1.165, 1.54) is 22.3 Å². The lowest BCUT2D eigenvalue weighted by Gasteiger charge is -2.32. The summed E-state index contributed by atoms with van der Waals surface area (Å²) in [6.45, 7) is 2.34. The van der Waals surface area contributed by atoms with E-state index < -0.39 is 0 Å². The molecule has 0 aromatic heterocycles. The van der Waals surface area contributed by atoms with Crippen LogP contribution >= 0.6 is 0 Å². The topological polar surface area (TPSA) is 3.24 Å². The Morgan fingerprint density at radius 2 is 1.43 bits per heavy atom. The number of hydrogen-bond donors (Lipinski definition) is 0. The second kappa shape index (κ2) is 6.77. The van der Waals surface area contributed by atoms with Gasteiger partial charge in [0.05, 0.1) is 9.52 Å². The van der Waals surface area contributed by atoms with Crippen LogP contribution < -0.4 is 10.1 Å². The summed E-state index contributed by atoms with van der Waals surface area (Å²) in [6, 6.07) is 9.22. The fourth-order valence-electron chi connectivity index (χ4n) is 2.95. The molecule has 0 atom stereocenters. The smallest absolute Gasteiger partial charge is 0.0517 e. The maximum atomic E-state index is 2.47. The maximum Gasteiger partial charge on any atom is 0.0517 e. The van der Waals surface area contributed by atoms with Gasteiger partial charge in [-0.25, -0.2) is 0 Å². The normalized spacial score (nSPS) is 18.0. The molecule has 21 heavy (non-hydrogen) atoms. The zero-order valence-electron chi connectivity index (χ0n) is 12.8. The molecule has 0 spiro atoms. The van der Waals surface area contributed by atoms with Crippen LogP contribution in [0.15, 0.2) is 72.1 Å². The Bertz CT molecular complexity index is 573. The molecule has 2 heteroatoms. The molecule has 2 aliphatic carbocycles. The van der Waals surface area contributed by atoms with E-state index in [4.69, 9.17) is 0 Å². The van der Waals surface area contributed by atoms with Crippen LogP contribution in [-0.2, 0) is 0 Å². The maximum absolute atomic E-state index is 2.47. The van der Waals surface area contributed by atoms with E-state index in [0.29, 0.717) is 0 Å². The highest BCUT2D eigenvalue weighted by Crippen LogP contribution is 2.31. The number of anilines is 1. The summed E-state index contributed by atoms with van der Waals surface area (Å²) in [5.41, 5.74) is 4.14. The molecule has 3 rings (SSSR count). The first-order valence-electron chi connectivity index (χ1n) is 7.99. The van der Waals surface area contributed by atoms with Crippen LogP contribution in [0.1, 0.15) is 25.7 Å². The summed E-state index contributed by atoms with van der Waals surface area (Å²) < 4.78 is 0. The quantitative estimate of drug-likeness (QED) is 0.763. The SMILES string of the molecule is C[SiH2]c1ccc(N(C2=CC=CCC2)C2=CC=CCC2)cc1. The molecule has 0 unspecified atom stereocenters. The van der Waals surface area contributed by atoms with Crippen molar-refractivity contribution in [3.05, 3.63) is 72.1 Å². The zero-order chi connectivity index (χ0) is 14.5. The molecule has 0 fully saturated rings. The van der Waals surface area contributed by atoms with Gasteiger partial charge in [0, 0.05) is 17.1 Å². The van der Waals surface area contributed by atoms with Gasteiger partial charge in [0.2, 0.25) is 0 Å². The molecular weight excluding hydrogens is 270 g/mol. The third kappa shape index (κ3) is 3.27. The molecule has 1 aromatic rings. The molecule has 2 aliphatic rings. The highest BCUT2D eigenvalue weighted by molar-refractivity contribution is 6.51. The van der Waals surface area contributed by atoms with Crippen molar-refractivity contribution in [3.63, 3.8) is 0 Å². The van der Waals surface area contributed by atoms with E-state index in [9.17, 15) is 0 Å². The first kappa shape index (κ1) is 14.1. The second-order valence-electron chi connectivity index (χ2n) is 5.61. The second-order valence-corrected chi connectivity index (χ2v) is 7.13. The Morgan fingerprint density at radius 3 is 1.86 bits per heavy atom. The molecule has 0 saturated carbocycles. The lowest BCUT2D eigenvalue weighted by atomic mass is 10.0. The fraction of sp³-hybridized carbons (Fsp3) is 0.263. The highest BCUT2D eigenvalue weighted by Gasteiger charge is 2.17. The van der Waals surface area contributed by atoms with Crippen molar-refractivity contribution in [1.82, 2.24) is 0 Å². The van der Waals surface area contributed by atoms with Gasteiger partial charge in [-0.2, -0.15) is 0 Å². The van der Waals surface area contributed by atoms with Crippen LogP contribution in [0.5, 0.6) is 0 Å². The third-order valence-corrected chi connectivity index (χ3v) is 5.45. The fourth-order valence-corrected chi connectivity index (χ4v) is 3.66. The Balaban J connectivity index is 1.98. The van der Waals surface area contributed by atoms with Gasteiger partial charge in [0.25, 0.3) is 0 Å². The standard InChI is InChI=1S/C19H23NSi/c1-21-19-14-12-18(13-15-19)20(16-8-4-2-5-9-16)17-10-6-3-7-11-17/h2-4,6,8,10,12-15H,5,7,9,11,21H2,1H3. The van der Waals surface area contributed by atoms with Crippen molar-refractivity contribution in [2.75, 3.05) is 4.90 Å². The highest BCUT2D eigenvalue weighted by atomic mass is 28.2. The summed E-state index contributed by atoms with van der Waals surface area (Å²) in [4.78, 5) is 2.47. The van der Waals surface area contributed by atoms with E-state index >= 15 is 0 Å². The summed E-state index contributed by atoms with van der Waals surface area (Å²) in [5.74, 6) is 0. The minimum atomic E-state index is -0.0654. The van der Waals surface area contributed by atoms with Gasteiger partial charge >= 0.3 is 0 Å². The molecule has 1 nitrogen and oxygen atoms in total. The van der Waals surface area contributed by atoms with Crippen molar-refractivity contribution in [3.8, 4) is 0 Å². The van der Waals surface area contributed by atoms with Crippen molar-refractivity contribution in [1.29, 1.82) is 0 Å². The number of hydrogen-bond acceptors (Lipinski definition) is 1. The van der Waals surface area contributed by atoms with E-state index in [0.717, 1.165) is 25.7 Å².